The molecule has 0 heterocycles. The lowest BCUT2D eigenvalue weighted by Gasteiger charge is -2.15. The first-order chi connectivity index (χ1) is 14.8. The van der Waals surface area contributed by atoms with Gasteiger partial charge in [-0.25, -0.2) is 0 Å². The van der Waals surface area contributed by atoms with Crippen LogP contribution in [0.25, 0.3) is 0 Å². The molecule has 0 aliphatic heterocycles. The van der Waals surface area contributed by atoms with Crippen LogP contribution in [-0.4, -0.2) is 7.11 Å². The van der Waals surface area contributed by atoms with Gasteiger partial charge >= 0.3 is 0 Å². The van der Waals surface area contributed by atoms with Gasteiger partial charge in [0.15, 0.2) is 0 Å². The first kappa shape index (κ1) is 26.4. The van der Waals surface area contributed by atoms with E-state index in [0.717, 1.165) is 78.3 Å². The molecule has 2 N–H and O–H groups in total. The van der Waals surface area contributed by atoms with E-state index in [2.05, 4.69) is 26.1 Å². The average Bonchev–Trinajstić information content (AvgIpc) is 3.05. The van der Waals surface area contributed by atoms with Crippen LogP contribution in [0.15, 0.2) is 42.5 Å². The summed E-state index contributed by atoms with van der Waals surface area (Å²) in [6.45, 7) is 10.4. The van der Waals surface area contributed by atoms with Gasteiger partial charge in [-0.3, -0.25) is 0 Å². The van der Waals surface area contributed by atoms with Crippen molar-refractivity contribution in [1.29, 1.82) is 0 Å². The highest BCUT2D eigenvalue weighted by atomic mass is 35.5. The number of rotatable bonds is 2. The van der Waals surface area contributed by atoms with Gasteiger partial charge in [0.1, 0.15) is 5.75 Å². The largest absolute Gasteiger partial charge is 0.494 e. The Morgan fingerprint density at radius 3 is 2.00 bits per heavy atom. The zero-order chi connectivity index (χ0) is 22.5. The second kappa shape index (κ2) is 11.8. The Bertz CT molecular complexity index is 994. The highest BCUT2D eigenvalue weighted by Gasteiger charge is 2.19. The number of aryl methyl sites for hydroxylation is 1. The molecule has 0 spiro atoms. The molecule has 0 fully saturated rings. The molecule has 2 aromatic rings. The number of nitrogens with two attached hydrogens (primary N) is 1. The number of ether oxygens (including phenoxy) is 1. The third-order valence-corrected chi connectivity index (χ3v) is 6.99. The van der Waals surface area contributed by atoms with Crippen LogP contribution < -0.4 is 10.5 Å². The number of nitrogen functional groups attached to an aromatic ring is 1. The fraction of sp³-hybridized carbons (Fsp3) is 0.429. The molecule has 0 aromatic heterocycles. The molecule has 2 nitrogen and oxygen atoms in total. The van der Waals surface area contributed by atoms with Gasteiger partial charge in [0.05, 0.1) is 12.8 Å². The van der Waals surface area contributed by atoms with Crippen molar-refractivity contribution in [3.05, 3.63) is 80.4 Å². The molecule has 0 unspecified atom stereocenters. The van der Waals surface area contributed by atoms with E-state index in [9.17, 15) is 0 Å². The first-order valence-corrected chi connectivity index (χ1v) is 11.9. The Balaban J connectivity index is 0.000000220. The van der Waals surface area contributed by atoms with Crippen molar-refractivity contribution in [2.75, 3.05) is 12.8 Å². The molecule has 2 aliphatic rings. The maximum absolute atomic E-state index is 6.27. The van der Waals surface area contributed by atoms with Crippen LogP contribution in [0.2, 0.25) is 10.0 Å². The maximum Gasteiger partial charge on any atom is 0.145 e. The average molecular weight is 475 g/mol. The summed E-state index contributed by atoms with van der Waals surface area (Å²) in [5.41, 5.74) is 15.7. The van der Waals surface area contributed by atoms with E-state index in [1.165, 1.54) is 34.3 Å². The molecule has 0 saturated heterocycles. The van der Waals surface area contributed by atoms with Crippen molar-refractivity contribution in [2.45, 2.75) is 72.1 Å². The summed E-state index contributed by atoms with van der Waals surface area (Å²) in [7, 11) is 1.65. The molecular formula is C28H37Cl2NO. The van der Waals surface area contributed by atoms with Crippen LogP contribution in [0.4, 0.5) is 5.69 Å². The fourth-order valence-corrected chi connectivity index (χ4v) is 5.24. The molecule has 0 amide bonds. The lowest BCUT2D eigenvalue weighted by Crippen LogP contribution is -2.02. The predicted molar refractivity (Wildman–Crippen MR) is 142 cm³/mol. The van der Waals surface area contributed by atoms with Crippen molar-refractivity contribution in [2.24, 2.45) is 0 Å². The van der Waals surface area contributed by atoms with Gasteiger partial charge in [0.2, 0.25) is 0 Å². The monoisotopic (exact) mass is 473 g/mol. The number of allylic oxidation sites excluding steroid dienone is 2. The van der Waals surface area contributed by atoms with Gasteiger partial charge in [0, 0.05) is 15.6 Å². The Labute approximate surface area is 204 Å². The zero-order valence-electron chi connectivity index (χ0n) is 18.8. The van der Waals surface area contributed by atoms with E-state index in [-0.39, 0.29) is 7.43 Å². The van der Waals surface area contributed by atoms with Crippen molar-refractivity contribution in [1.82, 2.24) is 0 Å². The number of halogens is 2. The predicted octanol–water partition coefficient (Wildman–Crippen LogP) is 8.34. The zero-order valence-corrected chi connectivity index (χ0v) is 20.3. The van der Waals surface area contributed by atoms with Gasteiger partial charge in [-0.15, -0.1) is 0 Å². The number of fused-ring (bicyclic) bond motifs is 2. The minimum Gasteiger partial charge on any atom is -0.494 e. The summed E-state index contributed by atoms with van der Waals surface area (Å²) in [4.78, 5) is 0. The van der Waals surface area contributed by atoms with Crippen molar-refractivity contribution >= 4 is 28.9 Å². The molecule has 4 rings (SSSR count). The van der Waals surface area contributed by atoms with Gasteiger partial charge in [-0.05, 0) is 92.2 Å². The van der Waals surface area contributed by atoms with E-state index in [0.29, 0.717) is 5.69 Å². The van der Waals surface area contributed by atoms with Crippen LogP contribution in [0, 0.1) is 0 Å². The smallest absolute Gasteiger partial charge is 0.145 e. The second-order valence-electron chi connectivity index (χ2n) is 8.52. The highest BCUT2D eigenvalue weighted by molar-refractivity contribution is 6.32. The fourth-order valence-electron chi connectivity index (χ4n) is 4.70. The summed E-state index contributed by atoms with van der Waals surface area (Å²) in [5, 5.41) is 1.65. The van der Waals surface area contributed by atoms with E-state index < -0.39 is 0 Å². The molecule has 0 atom stereocenters. The summed E-state index contributed by atoms with van der Waals surface area (Å²) in [6.07, 6.45) is 9.54. The number of hydrogen-bond donors (Lipinski definition) is 1. The van der Waals surface area contributed by atoms with E-state index in [4.69, 9.17) is 33.7 Å². The number of anilines is 1. The molecule has 2 aromatic carbocycles. The SMILES string of the molecule is C.C=C1CCCc2c(CC)ccc(Cl)c2C1.C=C1CCCc2c(c(Cl)cc(N)c2OC)C1. The van der Waals surface area contributed by atoms with Crippen LogP contribution in [-0.2, 0) is 32.1 Å². The van der Waals surface area contributed by atoms with E-state index in [1.807, 2.05) is 6.07 Å². The van der Waals surface area contributed by atoms with Crippen LogP contribution >= 0.6 is 23.2 Å². The van der Waals surface area contributed by atoms with Gasteiger partial charge in [0.25, 0.3) is 0 Å². The summed E-state index contributed by atoms with van der Waals surface area (Å²) < 4.78 is 5.38. The quantitative estimate of drug-likeness (QED) is 0.270. The molecule has 0 saturated carbocycles. The third-order valence-electron chi connectivity index (χ3n) is 6.29. The van der Waals surface area contributed by atoms with Crippen LogP contribution in [0.3, 0.4) is 0 Å². The lowest BCUT2D eigenvalue weighted by atomic mass is 9.95. The minimum absolute atomic E-state index is 0. The van der Waals surface area contributed by atoms with E-state index >= 15 is 0 Å². The molecule has 2 aliphatic carbocycles. The molecule has 4 heteroatoms. The van der Waals surface area contributed by atoms with E-state index in [1.54, 1.807) is 13.2 Å². The maximum atomic E-state index is 6.27. The number of methoxy groups -OCH3 is 1. The molecule has 0 radical (unpaired) electrons. The Kier molecular flexibility index (Phi) is 9.73. The van der Waals surface area contributed by atoms with Gasteiger partial charge in [-0.2, -0.15) is 0 Å². The first-order valence-electron chi connectivity index (χ1n) is 11.1. The van der Waals surface area contributed by atoms with Gasteiger partial charge < -0.3 is 10.5 Å². The normalized spacial score (nSPS) is 15.2. The van der Waals surface area contributed by atoms with Crippen molar-refractivity contribution in [3.63, 3.8) is 0 Å². The topological polar surface area (TPSA) is 35.2 Å². The molecular weight excluding hydrogens is 437 g/mol. The summed E-state index contributed by atoms with van der Waals surface area (Å²) in [6, 6.07) is 5.99. The van der Waals surface area contributed by atoms with Crippen LogP contribution in [0.1, 0.15) is 67.9 Å². The summed E-state index contributed by atoms with van der Waals surface area (Å²) in [5.74, 6) is 0.786. The molecule has 0 bridgehead atoms. The highest BCUT2D eigenvalue weighted by Crippen LogP contribution is 2.39. The number of benzene rings is 2. The second-order valence-corrected chi connectivity index (χ2v) is 9.33. The van der Waals surface area contributed by atoms with Crippen LogP contribution in [0.5, 0.6) is 5.75 Å². The van der Waals surface area contributed by atoms with Gasteiger partial charge in [-0.1, -0.05) is 67.9 Å². The third kappa shape index (κ3) is 5.91. The van der Waals surface area contributed by atoms with Crippen molar-refractivity contribution < 1.29 is 4.74 Å². The van der Waals surface area contributed by atoms with Crippen molar-refractivity contribution in [3.8, 4) is 5.75 Å². The molecule has 32 heavy (non-hydrogen) atoms. The Hall–Kier alpha value is -1.90. The Morgan fingerprint density at radius 2 is 1.44 bits per heavy atom. The standard InChI is InChI=1S/C14H17Cl.C13H16ClNO.CH4/c1-3-11-7-8-14(15)13-9-10(2)5-4-6-12(11)13;1-8-4-3-5-9-10(6-8)11(14)7-12(15)13(9)16-2;/h7-8H,2-6,9H2,1H3;7H,1,3-6,15H2,2H3;1H4. The summed E-state index contributed by atoms with van der Waals surface area (Å²) >= 11 is 12.5. The minimum atomic E-state index is 0. The molecule has 174 valence electrons. The lowest BCUT2D eigenvalue weighted by molar-refractivity contribution is 0.411. The number of hydrogen-bond acceptors (Lipinski definition) is 2. The Morgan fingerprint density at radius 1 is 0.875 bits per heavy atom.